The first-order valence-corrected chi connectivity index (χ1v) is 13.0. The van der Waals surface area contributed by atoms with Gasteiger partial charge in [-0.1, -0.05) is 30.0 Å². The SMILES string of the molecule is C=CCn1c(SCC2CCCCO2)nnc1-c1cccc(S(=O)(=O)N2CCOCC2)c1. The van der Waals surface area contributed by atoms with Crippen molar-refractivity contribution in [2.75, 3.05) is 38.7 Å². The molecule has 168 valence electrons. The minimum atomic E-state index is -3.58. The summed E-state index contributed by atoms with van der Waals surface area (Å²) in [6.45, 7) is 6.77. The number of allylic oxidation sites excluding steroid dienone is 1. The fourth-order valence-corrected chi connectivity index (χ4v) is 6.21. The van der Waals surface area contributed by atoms with Crippen LogP contribution in [0, 0.1) is 0 Å². The number of morpholine rings is 1. The lowest BCUT2D eigenvalue weighted by molar-refractivity contribution is 0.0315. The summed E-state index contributed by atoms with van der Waals surface area (Å²) in [6.07, 6.45) is 5.42. The Morgan fingerprint density at radius 3 is 2.77 bits per heavy atom. The zero-order valence-electron chi connectivity index (χ0n) is 17.5. The van der Waals surface area contributed by atoms with Gasteiger partial charge in [0.2, 0.25) is 10.0 Å². The second kappa shape index (κ2) is 10.3. The molecule has 2 aliphatic heterocycles. The molecule has 2 aliphatic rings. The standard InChI is InChI=1S/C21H28N4O4S2/c1-2-9-25-20(22-23-21(25)30-16-18-7-3-4-12-29-18)17-6-5-8-19(15-17)31(26,27)24-10-13-28-14-11-24/h2,5-6,8,15,18H,1,3-4,7,9-14,16H2. The van der Waals surface area contributed by atoms with E-state index >= 15 is 0 Å². The summed E-state index contributed by atoms with van der Waals surface area (Å²) in [4.78, 5) is 0.255. The van der Waals surface area contributed by atoms with E-state index in [2.05, 4.69) is 16.8 Å². The number of thioether (sulfide) groups is 1. The van der Waals surface area contributed by atoms with Crippen LogP contribution in [0.4, 0.5) is 0 Å². The summed E-state index contributed by atoms with van der Waals surface area (Å²) in [5.41, 5.74) is 0.712. The molecule has 4 rings (SSSR count). The van der Waals surface area contributed by atoms with Gasteiger partial charge in [-0.15, -0.1) is 16.8 Å². The lowest BCUT2D eigenvalue weighted by Gasteiger charge is -2.26. The fraction of sp³-hybridized carbons (Fsp3) is 0.524. The largest absolute Gasteiger partial charge is 0.379 e. The number of hydrogen-bond acceptors (Lipinski definition) is 7. The Bertz CT molecular complexity index is 997. The molecule has 0 N–H and O–H groups in total. The van der Waals surface area contributed by atoms with E-state index in [9.17, 15) is 8.42 Å². The molecule has 1 atom stereocenters. The van der Waals surface area contributed by atoms with Crippen molar-refractivity contribution in [3.05, 3.63) is 36.9 Å². The van der Waals surface area contributed by atoms with Gasteiger partial charge in [-0.25, -0.2) is 8.42 Å². The summed E-state index contributed by atoms with van der Waals surface area (Å²) < 4.78 is 40.7. The van der Waals surface area contributed by atoms with Gasteiger partial charge in [-0.3, -0.25) is 4.57 Å². The van der Waals surface area contributed by atoms with Gasteiger partial charge in [0.15, 0.2) is 11.0 Å². The number of nitrogens with zero attached hydrogens (tertiary/aromatic N) is 4. The summed E-state index contributed by atoms with van der Waals surface area (Å²) in [5.74, 6) is 1.45. The fourth-order valence-electron chi connectivity index (χ4n) is 3.74. The summed E-state index contributed by atoms with van der Waals surface area (Å²) in [6, 6.07) is 6.91. The van der Waals surface area contributed by atoms with E-state index in [0.29, 0.717) is 44.2 Å². The second-order valence-corrected chi connectivity index (χ2v) is 10.5. The minimum absolute atomic E-state index is 0.234. The molecular formula is C21H28N4O4S2. The molecule has 10 heteroatoms. The van der Waals surface area contributed by atoms with Gasteiger partial charge < -0.3 is 9.47 Å². The first kappa shape index (κ1) is 22.5. The normalized spacial score (nSPS) is 20.6. The number of ether oxygens (including phenoxy) is 2. The second-order valence-electron chi connectivity index (χ2n) is 7.55. The molecule has 0 amide bonds. The van der Waals surface area contributed by atoms with E-state index in [1.165, 1.54) is 10.7 Å². The van der Waals surface area contributed by atoms with Crippen molar-refractivity contribution in [2.45, 2.75) is 42.0 Å². The third kappa shape index (κ3) is 5.20. The number of benzene rings is 1. The molecule has 0 aliphatic carbocycles. The van der Waals surface area contributed by atoms with E-state index in [0.717, 1.165) is 30.4 Å². The van der Waals surface area contributed by atoms with Crippen molar-refractivity contribution in [3.63, 3.8) is 0 Å². The average molecular weight is 465 g/mol. The summed E-state index contributed by atoms with van der Waals surface area (Å²) >= 11 is 1.62. The van der Waals surface area contributed by atoms with Crippen LogP contribution in [0.1, 0.15) is 19.3 Å². The lowest BCUT2D eigenvalue weighted by Crippen LogP contribution is -2.40. The van der Waals surface area contributed by atoms with Crippen molar-refractivity contribution in [1.29, 1.82) is 0 Å². The third-order valence-corrected chi connectivity index (χ3v) is 8.39. The van der Waals surface area contributed by atoms with Crippen LogP contribution in [0.15, 0.2) is 47.0 Å². The molecule has 2 aromatic rings. The Labute approximate surface area is 187 Å². The van der Waals surface area contributed by atoms with Crippen molar-refractivity contribution in [3.8, 4) is 11.4 Å². The molecule has 0 spiro atoms. The van der Waals surface area contributed by atoms with E-state index in [4.69, 9.17) is 9.47 Å². The first-order chi connectivity index (χ1) is 15.1. The van der Waals surface area contributed by atoms with Crippen LogP contribution in [0.2, 0.25) is 0 Å². The number of rotatable bonds is 8. The Morgan fingerprint density at radius 2 is 2.03 bits per heavy atom. The maximum absolute atomic E-state index is 13.1. The van der Waals surface area contributed by atoms with Crippen molar-refractivity contribution < 1.29 is 17.9 Å². The highest BCUT2D eigenvalue weighted by atomic mass is 32.2. The van der Waals surface area contributed by atoms with Gasteiger partial charge in [0.25, 0.3) is 0 Å². The molecule has 1 unspecified atom stereocenters. The van der Waals surface area contributed by atoms with Gasteiger partial charge >= 0.3 is 0 Å². The molecule has 8 nitrogen and oxygen atoms in total. The molecular weight excluding hydrogens is 436 g/mol. The summed E-state index contributed by atoms with van der Waals surface area (Å²) in [5, 5.41) is 9.54. The predicted octanol–water partition coefficient (Wildman–Crippen LogP) is 2.81. The maximum atomic E-state index is 13.1. The predicted molar refractivity (Wildman–Crippen MR) is 120 cm³/mol. The van der Waals surface area contributed by atoms with Crippen LogP contribution >= 0.6 is 11.8 Å². The minimum Gasteiger partial charge on any atom is -0.379 e. The van der Waals surface area contributed by atoms with Crippen molar-refractivity contribution in [2.24, 2.45) is 0 Å². The zero-order chi connectivity index (χ0) is 21.7. The van der Waals surface area contributed by atoms with E-state index in [1.54, 1.807) is 36.0 Å². The Hall–Kier alpha value is -1.72. The zero-order valence-corrected chi connectivity index (χ0v) is 19.1. The van der Waals surface area contributed by atoms with Gasteiger partial charge in [0.05, 0.1) is 24.2 Å². The van der Waals surface area contributed by atoms with Crippen LogP contribution in [-0.2, 0) is 26.0 Å². The lowest BCUT2D eigenvalue weighted by atomic mass is 10.1. The Morgan fingerprint density at radius 1 is 1.19 bits per heavy atom. The van der Waals surface area contributed by atoms with E-state index in [1.807, 2.05) is 10.6 Å². The number of hydrogen-bond donors (Lipinski definition) is 0. The van der Waals surface area contributed by atoms with Gasteiger partial charge in [0, 0.05) is 37.6 Å². The van der Waals surface area contributed by atoms with E-state index < -0.39 is 10.0 Å². The molecule has 1 aromatic heterocycles. The molecule has 1 aromatic carbocycles. The topological polar surface area (TPSA) is 86.5 Å². The monoisotopic (exact) mass is 464 g/mol. The van der Waals surface area contributed by atoms with E-state index in [-0.39, 0.29) is 11.0 Å². The van der Waals surface area contributed by atoms with Crippen LogP contribution in [0.25, 0.3) is 11.4 Å². The first-order valence-electron chi connectivity index (χ1n) is 10.6. The molecule has 31 heavy (non-hydrogen) atoms. The smallest absolute Gasteiger partial charge is 0.243 e. The van der Waals surface area contributed by atoms with Crippen LogP contribution in [0.5, 0.6) is 0 Å². The number of sulfonamides is 1. The van der Waals surface area contributed by atoms with Gasteiger partial charge in [-0.05, 0) is 31.4 Å². The maximum Gasteiger partial charge on any atom is 0.243 e. The highest BCUT2D eigenvalue weighted by Gasteiger charge is 2.27. The number of aromatic nitrogens is 3. The molecule has 0 bridgehead atoms. The molecule has 3 heterocycles. The molecule has 2 saturated heterocycles. The Kier molecular flexibility index (Phi) is 7.44. The highest BCUT2D eigenvalue weighted by Crippen LogP contribution is 2.28. The quantitative estimate of drug-likeness (QED) is 0.439. The summed E-state index contributed by atoms with van der Waals surface area (Å²) in [7, 11) is -3.58. The van der Waals surface area contributed by atoms with Gasteiger partial charge in [-0.2, -0.15) is 4.31 Å². The molecule has 0 saturated carbocycles. The van der Waals surface area contributed by atoms with Crippen molar-refractivity contribution in [1.82, 2.24) is 19.1 Å². The Balaban J connectivity index is 1.58. The van der Waals surface area contributed by atoms with Crippen molar-refractivity contribution >= 4 is 21.8 Å². The molecule has 2 fully saturated rings. The van der Waals surface area contributed by atoms with Gasteiger partial charge in [0.1, 0.15) is 0 Å². The van der Waals surface area contributed by atoms with Crippen LogP contribution < -0.4 is 0 Å². The third-order valence-electron chi connectivity index (χ3n) is 5.40. The average Bonchev–Trinajstić information content (AvgIpc) is 3.22. The van der Waals surface area contributed by atoms with Crippen LogP contribution in [-0.4, -0.2) is 72.3 Å². The molecule has 0 radical (unpaired) electrons. The van der Waals surface area contributed by atoms with Crippen LogP contribution in [0.3, 0.4) is 0 Å². The highest BCUT2D eigenvalue weighted by molar-refractivity contribution is 7.99.